The van der Waals surface area contributed by atoms with Crippen LogP contribution in [-0.4, -0.2) is 43.5 Å². The van der Waals surface area contributed by atoms with Crippen molar-refractivity contribution in [3.8, 4) is 0 Å². The number of carbonyl (C=O) groups is 1. The average Bonchev–Trinajstić information content (AvgIpc) is 3.38. The first kappa shape index (κ1) is 22.3. The Balaban J connectivity index is 0.00000261. The largest absolute Gasteiger partial charge is 1.00 e. The van der Waals surface area contributed by atoms with E-state index in [0.29, 0.717) is 5.91 Å². The van der Waals surface area contributed by atoms with Crippen LogP contribution in [0.25, 0.3) is 5.57 Å². The summed E-state index contributed by atoms with van der Waals surface area (Å²) in [5.74, 6) is 0.609. The quantitative estimate of drug-likeness (QED) is 0.696. The fourth-order valence-electron chi connectivity index (χ4n) is 3.78. The molecule has 0 aromatic carbocycles. The van der Waals surface area contributed by atoms with Gasteiger partial charge in [0.05, 0.1) is 19.0 Å². The van der Waals surface area contributed by atoms with Gasteiger partial charge in [-0.25, -0.2) is 4.79 Å². The number of thiophene rings is 2. The van der Waals surface area contributed by atoms with Crippen molar-refractivity contribution in [3.05, 3.63) is 50.9 Å². The zero-order chi connectivity index (χ0) is 18.4. The first-order valence-electron chi connectivity index (χ1n) is 9.59. The van der Waals surface area contributed by atoms with E-state index in [1.807, 2.05) is 0 Å². The molecular formula is C21H29ClN2OS2. The second kappa shape index (κ2) is 11.1. The minimum atomic E-state index is 0. The Labute approximate surface area is 177 Å². The fourth-order valence-corrected chi connectivity index (χ4v) is 5.09. The van der Waals surface area contributed by atoms with Crippen LogP contribution in [0.1, 0.15) is 37.8 Å². The van der Waals surface area contributed by atoms with Crippen LogP contribution >= 0.6 is 22.7 Å². The first-order valence-corrected chi connectivity index (χ1v) is 11.5. The van der Waals surface area contributed by atoms with Crippen LogP contribution < -0.4 is 17.3 Å². The van der Waals surface area contributed by atoms with Crippen LogP contribution in [0.5, 0.6) is 0 Å². The predicted molar refractivity (Wildman–Crippen MR) is 112 cm³/mol. The Hall–Kier alpha value is -0.980. The van der Waals surface area contributed by atoms with Crippen molar-refractivity contribution < 1.29 is 22.1 Å². The highest BCUT2D eigenvalue weighted by molar-refractivity contribution is 7.08. The molecule has 148 valence electrons. The predicted octanol–water partition coefficient (Wildman–Crippen LogP) is 0.409. The van der Waals surface area contributed by atoms with Crippen LogP contribution in [0.15, 0.2) is 39.7 Å². The normalized spacial score (nSPS) is 17.5. The number of halogens is 1. The minimum Gasteiger partial charge on any atom is -1.00 e. The number of piperidine rings is 1. The van der Waals surface area contributed by atoms with Gasteiger partial charge in [0, 0.05) is 13.1 Å². The van der Waals surface area contributed by atoms with E-state index in [-0.39, 0.29) is 18.3 Å². The standard InChI is InChI=1S/C21H28N2OS2.ClH/c1-3-23(4-2)21(24)17-6-5-10-22(14-17)11-7-20(18-8-12-25-15-18)19-9-13-26-16-19;/h7-9,12-13,15-17H,3-6,10-11,14H2,1-2H3;1H. The van der Waals surface area contributed by atoms with Crippen molar-refractivity contribution in [1.29, 1.82) is 0 Å². The molecule has 0 spiro atoms. The van der Waals surface area contributed by atoms with Gasteiger partial charge in [0.1, 0.15) is 0 Å². The molecule has 1 saturated heterocycles. The maximum Gasteiger partial charge on any atom is 0.316 e. The fraction of sp³-hybridized carbons (Fsp3) is 0.476. The molecule has 3 heterocycles. The van der Waals surface area contributed by atoms with E-state index in [2.05, 4.69) is 58.5 Å². The van der Waals surface area contributed by atoms with E-state index in [9.17, 15) is 4.79 Å². The smallest absolute Gasteiger partial charge is 0.316 e. The van der Waals surface area contributed by atoms with Gasteiger partial charge in [-0.05, 0) is 83.6 Å². The number of quaternary nitrogens is 1. The van der Waals surface area contributed by atoms with Gasteiger partial charge in [-0.2, -0.15) is 22.7 Å². The molecule has 0 bridgehead atoms. The highest BCUT2D eigenvalue weighted by atomic mass is 35.5. The lowest BCUT2D eigenvalue weighted by atomic mass is 9.96. The highest BCUT2D eigenvalue weighted by Gasteiger charge is 2.31. The van der Waals surface area contributed by atoms with Gasteiger partial charge < -0.3 is 12.4 Å². The number of likely N-dealkylation sites (tertiary alicyclic amines) is 1. The summed E-state index contributed by atoms with van der Waals surface area (Å²) >= 11 is 3.48. The lowest BCUT2D eigenvalue weighted by molar-refractivity contribution is -0.818. The Kier molecular flexibility index (Phi) is 9.19. The molecule has 0 radical (unpaired) electrons. The Morgan fingerprint density at radius 2 is 1.81 bits per heavy atom. The van der Waals surface area contributed by atoms with Gasteiger partial charge in [-0.15, -0.1) is 0 Å². The molecule has 1 atom stereocenters. The van der Waals surface area contributed by atoms with Crippen LogP contribution in [0, 0.1) is 5.92 Å². The Bertz CT molecular complexity index is 672. The Morgan fingerprint density at radius 3 is 2.33 bits per heavy atom. The molecule has 3 nitrogen and oxygen atoms in total. The monoisotopic (exact) mass is 424 g/mol. The number of amides is 1. The molecule has 1 aliphatic heterocycles. The second-order valence-corrected chi connectivity index (χ2v) is 8.48. The molecule has 2 aromatic rings. The third-order valence-electron chi connectivity index (χ3n) is 5.30. The van der Waals surface area contributed by atoms with E-state index in [1.54, 1.807) is 22.7 Å². The van der Waals surface area contributed by atoms with Gasteiger partial charge in [-0.3, -0.25) is 9.80 Å². The molecule has 3 rings (SSSR count). The summed E-state index contributed by atoms with van der Waals surface area (Å²) in [7, 11) is 0. The second-order valence-electron chi connectivity index (χ2n) is 6.92. The highest BCUT2D eigenvalue weighted by Crippen LogP contribution is 2.27. The molecule has 2 aromatic heterocycles. The van der Waals surface area contributed by atoms with Crippen molar-refractivity contribution in [3.63, 3.8) is 0 Å². The maximum atomic E-state index is 12.7. The number of hydrogen-bond acceptors (Lipinski definition) is 4. The summed E-state index contributed by atoms with van der Waals surface area (Å²) in [5, 5.41) is 8.71. The molecule has 0 saturated carbocycles. The Morgan fingerprint density at radius 1 is 1.19 bits per heavy atom. The molecule has 1 unspecified atom stereocenters. The number of hydrogen-bond donors (Lipinski definition) is 1. The van der Waals surface area contributed by atoms with Crippen molar-refractivity contribution in [2.45, 2.75) is 26.7 Å². The van der Waals surface area contributed by atoms with Crippen LogP contribution in [0.2, 0.25) is 0 Å². The summed E-state index contributed by atoms with van der Waals surface area (Å²) in [6, 6.07) is 4.39. The molecule has 1 fully saturated rings. The molecule has 6 heteroatoms. The topological polar surface area (TPSA) is 24.8 Å². The van der Waals surface area contributed by atoms with E-state index in [4.69, 9.17) is 0 Å². The van der Waals surface area contributed by atoms with Crippen molar-refractivity contribution in [1.82, 2.24) is 4.90 Å². The summed E-state index contributed by atoms with van der Waals surface area (Å²) in [6.45, 7) is 8.91. The third-order valence-corrected chi connectivity index (χ3v) is 6.66. The number of nitrogens with one attached hydrogen (secondary N) is 1. The maximum absolute atomic E-state index is 12.7. The van der Waals surface area contributed by atoms with Crippen molar-refractivity contribution in [2.75, 3.05) is 32.7 Å². The lowest BCUT2D eigenvalue weighted by Gasteiger charge is -2.31. The molecular weight excluding hydrogens is 396 g/mol. The summed E-state index contributed by atoms with van der Waals surface area (Å²) in [5.41, 5.74) is 3.91. The minimum absolute atomic E-state index is 0. The van der Waals surface area contributed by atoms with E-state index < -0.39 is 0 Å². The first-order chi connectivity index (χ1) is 12.7. The summed E-state index contributed by atoms with van der Waals surface area (Å²) in [6.07, 6.45) is 4.52. The zero-order valence-electron chi connectivity index (χ0n) is 16.1. The van der Waals surface area contributed by atoms with Crippen LogP contribution in [0.3, 0.4) is 0 Å². The SMILES string of the molecule is CC[NH+](CC)C(=O)C1CCCN(CC=C(c2ccsc2)c2ccsc2)C1.[Cl-]. The molecule has 27 heavy (non-hydrogen) atoms. The summed E-state index contributed by atoms with van der Waals surface area (Å²) in [4.78, 5) is 16.3. The van der Waals surface area contributed by atoms with Crippen molar-refractivity contribution >= 4 is 34.2 Å². The zero-order valence-corrected chi connectivity index (χ0v) is 18.5. The lowest BCUT2D eigenvalue weighted by Crippen LogP contribution is -3.15. The molecule has 1 aliphatic rings. The van der Waals surface area contributed by atoms with Gasteiger partial charge >= 0.3 is 5.91 Å². The molecule has 0 aliphatic carbocycles. The average molecular weight is 425 g/mol. The van der Waals surface area contributed by atoms with Gasteiger partial charge in [0.25, 0.3) is 0 Å². The summed E-state index contributed by atoms with van der Waals surface area (Å²) < 4.78 is 0. The van der Waals surface area contributed by atoms with Crippen molar-refractivity contribution in [2.24, 2.45) is 5.92 Å². The molecule has 1 N–H and O–H groups in total. The molecule has 1 amide bonds. The van der Waals surface area contributed by atoms with E-state index in [1.165, 1.54) is 16.7 Å². The number of rotatable bonds is 7. The van der Waals surface area contributed by atoms with E-state index >= 15 is 0 Å². The third kappa shape index (κ3) is 5.75. The van der Waals surface area contributed by atoms with Gasteiger partial charge in [0.15, 0.2) is 0 Å². The van der Waals surface area contributed by atoms with Crippen LogP contribution in [0.4, 0.5) is 0 Å². The number of carbonyl (C=O) groups excluding carboxylic acids is 1. The van der Waals surface area contributed by atoms with Gasteiger partial charge in [-0.1, -0.05) is 6.08 Å². The van der Waals surface area contributed by atoms with Gasteiger partial charge in [0.2, 0.25) is 0 Å². The van der Waals surface area contributed by atoms with Crippen LogP contribution in [-0.2, 0) is 4.79 Å². The van der Waals surface area contributed by atoms with E-state index in [0.717, 1.165) is 50.5 Å². The number of nitrogens with zero attached hydrogens (tertiary/aromatic N) is 1.